The minimum Gasteiger partial charge on any atom is -0.447 e. The van der Waals surface area contributed by atoms with Crippen LogP contribution in [0.2, 0.25) is 0 Å². The average molecular weight is 448 g/mol. The maximum Gasteiger partial charge on any atom is 0.409 e. The van der Waals surface area contributed by atoms with E-state index >= 15 is 0 Å². The zero-order chi connectivity index (χ0) is 22.7. The van der Waals surface area contributed by atoms with Crippen LogP contribution in [0.25, 0.3) is 0 Å². The molecule has 0 saturated carbocycles. The summed E-state index contributed by atoms with van der Waals surface area (Å²) in [6.07, 6.45) is 3.57. The number of carbonyl (C=O) groups excluding carboxylic acids is 2. The zero-order valence-electron chi connectivity index (χ0n) is 19.1. The van der Waals surface area contributed by atoms with Crippen LogP contribution < -0.4 is 4.90 Å². The van der Waals surface area contributed by atoms with Gasteiger partial charge < -0.3 is 24.2 Å². The van der Waals surface area contributed by atoms with Gasteiger partial charge in [-0.15, -0.1) is 0 Å². The highest BCUT2D eigenvalue weighted by Crippen LogP contribution is 2.47. The van der Waals surface area contributed by atoms with E-state index in [-0.39, 0.29) is 23.2 Å². The number of halogens is 1. The van der Waals surface area contributed by atoms with E-state index in [4.69, 9.17) is 9.47 Å². The van der Waals surface area contributed by atoms with Crippen LogP contribution in [-0.2, 0) is 19.7 Å². The van der Waals surface area contributed by atoms with Crippen molar-refractivity contribution in [3.63, 3.8) is 0 Å². The second-order valence-electron chi connectivity index (χ2n) is 9.39. The molecule has 0 unspecified atom stereocenters. The Bertz CT molecular complexity index is 833. The summed E-state index contributed by atoms with van der Waals surface area (Å²) in [6, 6.07) is 4.83. The molecule has 0 aromatic heterocycles. The summed E-state index contributed by atoms with van der Waals surface area (Å²) in [7, 11) is 1.59. The minimum absolute atomic E-state index is 0.0182. The molecule has 1 aromatic rings. The Morgan fingerprint density at radius 2 is 1.84 bits per heavy atom. The van der Waals surface area contributed by atoms with Crippen molar-refractivity contribution in [2.45, 2.75) is 38.0 Å². The molecule has 1 aromatic carbocycles. The number of carbonyl (C=O) groups is 2. The lowest BCUT2D eigenvalue weighted by atomic mass is 9.74. The molecule has 3 heterocycles. The summed E-state index contributed by atoms with van der Waals surface area (Å²) >= 11 is 0. The number of ether oxygens (including phenoxy) is 2. The number of rotatable bonds is 5. The summed E-state index contributed by atoms with van der Waals surface area (Å²) < 4.78 is 24.2. The summed E-state index contributed by atoms with van der Waals surface area (Å²) in [5, 5.41) is 0. The molecule has 2 amide bonds. The maximum atomic E-state index is 14.0. The maximum absolute atomic E-state index is 14.0. The van der Waals surface area contributed by atoms with Gasteiger partial charge in [0.05, 0.1) is 6.61 Å². The van der Waals surface area contributed by atoms with E-state index in [9.17, 15) is 14.0 Å². The predicted molar refractivity (Wildman–Crippen MR) is 119 cm³/mol. The molecular weight excluding hydrogens is 413 g/mol. The van der Waals surface area contributed by atoms with Gasteiger partial charge in [-0.05, 0) is 68.5 Å². The zero-order valence-corrected chi connectivity index (χ0v) is 19.1. The fourth-order valence-electron chi connectivity index (χ4n) is 5.48. The highest BCUT2D eigenvalue weighted by Gasteiger charge is 2.46. The molecule has 2 fully saturated rings. The molecule has 4 rings (SSSR count). The number of methoxy groups -OCH3 is 1. The van der Waals surface area contributed by atoms with E-state index in [0.29, 0.717) is 25.7 Å². The van der Waals surface area contributed by atoms with Crippen molar-refractivity contribution in [2.24, 2.45) is 5.92 Å². The number of amides is 2. The summed E-state index contributed by atoms with van der Waals surface area (Å²) in [5.74, 6) is 0.349. The van der Waals surface area contributed by atoms with E-state index in [1.165, 1.54) is 6.07 Å². The second kappa shape index (κ2) is 9.75. The van der Waals surface area contributed by atoms with Crippen molar-refractivity contribution < 1.29 is 23.5 Å². The van der Waals surface area contributed by atoms with Crippen LogP contribution in [0, 0.1) is 11.7 Å². The standard InChI is InChI=1S/C24H34FN3O4/c1-18(29)28-17-24(21-15-20(25)3-4-22(21)28)7-11-26(12-8-24)16-19-5-9-27(10-6-19)23(30)32-14-13-31-2/h3-4,15,19H,5-14,16-17H2,1-2H3. The molecule has 0 bridgehead atoms. The van der Waals surface area contributed by atoms with Gasteiger partial charge in [0, 0.05) is 51.3 Å². The Labute approximate surface area is 189 Å². The smallest absolute Gasteiger partial charge is 0.409 e. The Balaban J connectivity index is 1.29. The average Bonchev–Trinajstić information content (AvgIpc) is 3.10. The molecule has 1 spiro atoms. The largest absolute Gasteiger partial charge is 0.447 e. The van der Waals surface area contributed by atoms with Gasteiger partial charge in [-0.2, -0.15) is 0 Å². The Kier molecular flexibility index (Phi) is 7.00. The van der Waals surface area contributed by atoms with Crippen molar-refractivity contribution in [2.75, 3.05) is 64.5 Å². The first-order valence-electron chi connectivity index (χ1n) is 11.6. The molecule has 3 aliphatic heterocycles. The lowest BCUT2D eigenvalue weighted by Gasteiger charge is -2.42. The number of nitrogens with zero attached hydrogens (tertiary/aromatic N) is 3. The van der Waals surface area contributed by atoms with Gasteiger partial charge in [0.15, 0.2) is 0 Å². The number of likely N-dealkylation sites (tertiary alicyclic amines) is 2. The molecule has 2 saturated heterocycles. The van der Waals surface area contributed by atoms with Crippen molar-refractivity contribution >= 4 is 17.7 Å². The van der Waals surface area contributed by atoms with Crippen LogP contribution in [0.4, 0.5) is 14.9 Å². The Morgan fingerprint density at radius 1 is 1.12 bits per heavy atom. The topological polar surface area (TPSA) is 62.3 Å². The van der Waals surface area contributed by atoms with Gasteiger partial charge >= 0.3 is 6.09 Å². The number of hydrogen-bond donors (Lipinski definition) is 0. The molecule has 3 aliphatic rings. The molecule has 32 heavy (non-hydrogen) atoms. The van der Waals surface area contributed by atoms with Crippen LogP contribution in [-0.4, -0.2) is 81.4 Å². The van der Waals surface area contributed by atoms with Crippen LogP contribution in [0.1, 0.15) is 38.2 Å². The molecule has 8 heteroatoms. The van der Waals surface area contributed by atoms with Crippen molar-refractivity contribution in [3.8, 4) is 0 Å². The fourth-order valence-corrected chi connectivity index (χ4v) is 5.48. The number of hydrogen-bond acceptors (Lipinski definition) is 5. The van der Waals surface area contributed by atoms with Crippen LogP contribution in [0.5, 0.6) is 0 Å². The number of benzene rings is 1. The highest BCUT2D eigenvalue weighted by molar-refractivity contribution is 5.94. The van der Waals surface area contributed by atoms with E-state index in [1.54, 1.807) is 31.1 Å². The fraction of sp³-hybridized carbons (Fsp3) is 0.667. The van der Waals surface area contributed by atoms with E-state index in [1.807, 2.05) is 4.90 Å². The van der Waals surface area contributed by atoms with Gasteiger partial charge in [0.25, 0.3) is 0 Å². The number of fused-ring (bicyclic) bond motifs is 2. The summed E-state index contributed by atoms with van der Waals surface area (Å²) in [5.41, 5.74) is 1.72. The molecule has 176 valence electrons. The van der Waals surface area contributed by atoms with Gasteiger partial charge in [-0.3, -0.25) is 4.79 Å². The molecule has 0 atom stereocenters. The quantitative estimate of drug-likeness (QED) is 0.650. The van der Waals surface area contributed by atoms with Crippen LogP contribution in [0.15, 0.2) is 18.2 Å². The first-order chi connectivity index (χ1) is 15.4. The van der Waals surface area contributed by atoms with Gasteiger partial charge in [0.2, 0.25) is 5.91 Å². The normalized spacial score (nSPS) is 21.1. The van der Waals surface area contributed by atoms with E-state index < -0.39 is 0 Å². The van der Waals surface area contributed by atoms with Gasteiger partial charge in [-0.1, -0.05) is 0 Å². The lowest BCUT2D eigenvalue weighted by Crippen LogP contribution is -2.48. The molecule has 0 N–H and O–H groups in total. The van der Waals surface area contributed by atoms with Crippen molar-refractivity contribution in [3.05, 3.63) is 29.6 Å². The van der Waals surface area contributed by atoms with Crippen LogP contribution in [0.3, 0.4) is 0 Å². The summed E-state index contributed by atoms with van der Waals surface area (Å²) in [4.78, 5) is 30.4. The van der Waals surface area contributed by atoms with E-state index in [2.05, 4.69) is 4.90 Å². The predicted octanol–water partition coefficient (Wildman–Crippen LogP) is 3.02. The summed E-state index contributed by atoms with van der Waals surface area (Å²) in [6.45, 7) is 7.32. The number of anilines is 1. The molecule has 0 aliphatic carbocycles. The molecule has 0 radical (unpaired) electrons. The molecule has 7 nitrogen and oxygen atoms in total. The Hall–Kier alpha value is -2.19. The highest BCUT2D eigenvalue weighted by atomic mass is 19.1. The van der Waals surface area contributed by atoms with Gasteiger partial charge in [0.1, 0.15) is 12.4 Å². The third-order valence-corrected chi connectivity index (χ3v) is 7.38. The van der Waals surface area contributed by atoms with Gasteiger partial charge in [-0.25, -0.2) is 9.18 Å². The number of piperidine rings is 2. The van der Waals surface area contributed by atoms with Crippen molar-refractivity contribution in [1.82, 2.24) is 9.80 Å². The third-order valence-electron chi connectivity index (χ3n) is 7.38. The third kappa shape index (κ3) is 4.76. The molecular formula is C24H34FN3O4. The Morgan fingerprint density at radius 3 is 2.50 bits per heavy atom. The lowest BCUT2D eigenvalue weighted by molar-refractivity contribution is -0.116. The van der Waals surface area contributed by atoms with Crippen molar-refractivity contribution in [1.29, 1.82) is 0 Å². The monoisotopic (exact) mass is 447 g/mol. The first-order valence-corrected chi connectivity index (χ1v) is 11.6. The first kappa shape index (κ1) is 23.0. The minimum atomic E-state index is -0.248. The van der Waals surface area contributed by atoms with Crippen LogP contribution >= 0.6 is 0 Å². The van der Waals surface area contributed by atoms with E-state index in [0.717, 1.165) is 69.7 Å². The SMILES string of the molecule is COCCOC(=O)N1CCC(CN2CCC3(CC2)CN(C(C)=O)c2ccc(F)cc23)CC1. The second-order valence-corrected chi connectivity index (χ2v) is 9.39.